The van der Waals surface area contributed by atoms with Gasteiger partial charge in [-0.15, -0.1) is 12.4 Å². The molecule has 5 aromatic rings. The van der Waals surface area contributed by atoms with Crippen molar-refractivity contribution in [2.75, 3.05) is 0 Å². The smallest absolute Gasteiger partial charge is 0.295 e. The van der Waals surface area contributed by atoms with Gasteiger partial charge in [-0.1, -0.05) is 41.9 Å². The first kappa shape index (κ1) is 22.9. The average Bonchev–Trinajstić information content (AvgIpc) is 3.16. The fraction of sp³-hybridized carbons (Fsp3) is 0. The van der Waals surface area contributed by atoms with Crippen molar-refractivity contribution in [3.63, 3.8) is 0 Å². The second-order valence-corrected chi connectivity index (χ2v) is 9.10. The Morgan fingerprint density at radius 3 is 2.30 bits per heavy atom. The van der Waals surface area contributed by atoms with Gasteiger partial charge in [0.15, 0.2) is 0 Å². The van der Waals surface area contributed by atoms with Gasteiger partial charge in [-0.25, -0.2) is 4.98 Å². The normalized spacial score (nSPS) is 11.6. The number of phenols is 2. The molecule has 0 unspecified atom stereocenters. The van der Waals surface area contributed by atoms with E-state index in [9.17, 15) is 23.2 Å². The van der Waals surface area contributed by atoms with E-state index in [0.29, 0.717) is 16.1 Å². The Balaban J connectivity index is 0.00000259. The van der Waals surface area contributed by atoms with Gasteiger partial charge < -0.3 is 15.2 Å². The Morgan fingerprint density at radius 1 is 0.879 bits per heavy atom. The lowest BCUT2D eigenvalue weighted by atomic mass is 10.0. The zero-order valence-electron chi connectivity index (χ0n) is 16.7. The number of nitrogens with one attached hydrogen (secondary N) is 1. The number of nitrogens with zero attached hydrogens (tertiary/aromatic N) is 1. The first-order chi connectivity index (χ1) is 15.2. The number of H-pyrrole nitrogens is 1. The van der Waals surface area contributed by atoms with Crippen molar-refractivity contribution >= 4 is 55.9 Å². The van der Waals surface area contributed by atoms with Crippen molar-refractivity contribution in [3.8, 4) is 34.0 Å². The van der Waals surface area contributed by atoms with Gasteiger partial charge in [0.2, 0.25) is 0 Å². The van der Waals surface area contributed by atoms with E-state index in [1.807, 2.05) is 12.1 Å². The molecule has 5 rings (SSSR count). The van der Waals surface area contributed by atoms with Crippen LogP contribution < -0.4 is 0 Å². The van der Waals surface area contributed by atoms with Crippen molar-refractivity contribution < 1.29 is 23.2 Å². The number of rotatable bonds is 3. The van der Waals surface area contributed by atoms with E-state index in [2.05, 4.69) is 9.97 Å². The maximum absolute atomic E-state index is 11.9. The van der Waals surface area contributed by atoms with Crippen molar-refractivity contribution in [1.82, 2.24) is 9.97 Å². The molecular formula is C23H16Cl2N2O5S. The summed E-state index contributed by atoms with van der Waals surface area (Å²) in [6.07, 6.45) is 0. The summed E-state index contributed by atoms with van der Waals surface area (Å²) in [5, 5.41) is 21.9. The molecule has 1 aromatic heterocycles. The molecule has 33 heavy (non-hydrogen) atoms. The monoisotopic (exact) mass is 502 g/mol. The minimum absolute atomic E-state index is 0. The number of aromatic amines is 1. The average molecular weight is 503 g/mol. The van der Waals surface area contributed by atoms with Crippen LogP contribution in [0.5, 0.6) is 11.5 Å². The summed E-state index contributed by atoms with van der Waals surface area (Å²) in [6.45, 7) is 0. The molecule has 0 bridgehead atoms. The molecular weight excluding hydrogens is 487 g/mol. The number of hydrogen-bond donors (Lipinski definition) is 4. The highest BCUT2D eigenvalue weighted by Gasteiger charge is 2.21. The zero-order valence-corrected chi connectivity index (χ0v) is 19.0. The third-order valence-corrected chi connectivity index (χ3v) is 6.37. The van der Waals surface area contributed by atoms with Gasteiger partial charge >= 0.3 is 0 Å². The van der Waals surface area contributed by atoms with Gasteiger partial charge in [0.25, 0.3) is 10.1 Å². The number of imidazole rings is 1. The molecule has 4 N–H and O–H groups in total. The van der Waals surface area contributed by atoms with E-state index in [-0.39, 0.29) is 50.9 Å². The van der Waals surface area contributed by atoms with E-state index in [4.69, 9.17) is 11.6 Å². The summed E-state index contributed by atoms with van der Waals surface area (Å²) in [6, 6.07) is 17.9. The van der Waals surface area contributed by atoms with Crippen LogP contribution in [0.25, 0.3) is 44.3 Å². The molecule has 0 saturated heterocycles. The van der Waals surface area contributed by atoms with E-state index in [0.717, 1.165) is 11.1 Å². The minimum atomic E-state index is -4.56. The quantitative estimate of drug-likeness (QED) is 0.231. The van der Waals surface area contributed by atoms with Crippen LogP contribution in [-0.4, -0.2) is 33.2 Å². The van der Waals surface area contributed by atoms with Crippen LogP contribution in [0.2, 0.25) is 5.02 Å². The predicted molar refractivity (Wildman–Crippen MR) is 130 cm³/mol. The van der Waals surface area contributed by atoms with Gasteiger partial charge in [-0.05, 0) is 47.5 Å². The summed E-state index contributed by atoms with van der Waals surface area (Å²) in [7, 11) is -4.56. The van der Waals surface area contributed by atoms with E-state index < -0.39 is 10.1 Å². The molecule has 0 spiro atoms. The van der Waals surface area contributed by atoms with Crippen LogP contribution in [0.15, 0.2) is 71.6 Å². The van der Waals surface area contributed by atoms with E-state index in [1.165, 1.54) is 24.3 Å². The summed E-state index contributed by atoms with van der Waals surface area (Å²) in [4.78, 5) is 7.12. The molecule has 0 amide bonds. The van der Waals surface area contributed by atoms with Crippen molar-refractivity contribution in [1.29, 1.82) is 0 Å². The number of phenolic OH excluding ortho intramolecular Hbond substituents is 2. The summed E-state index contributed by atoms with van der Waals surface area (Å²) in [5.41, 5.74) is 2.54. The molecule has 1 heterocycles. The number of aromatic hydroxyl groups is 2. The number of benzene rings is 4. The highest BCUT2D eigenvalue weighted by molar-refractivity contribution is 7.86. The molecule has 0 aliphatic heterocycles. The van der Waals surface area contributed by atoms with E-state index in [1.54, 1.807) is 30.3 Å². The van der Waals surface area contributed by atoms with Gasteiger partial charge in [0.05, 0.1) is 16.5 Å². The Hall–Kier alpha value is -3.30. The highest BCUT2D eigenvalue weighted by atomic mass is 35.5. The second kappa shape index (κ2) is 8.24. The van der Waals surface area contributed by atoms with Crippen LogP contribution in [0.1, 0.15) is 0 Å². The lowest BCUT2D eigenvalue weighted by Gasteiger charge is -2.06. The predicted octanol–water partition coefficient (Wildman–Crippen LogP) is 5.78. The number of halogens is 2. The molecule has 4 aromatic carbocycles. The Morgan fingerprint density at radius 2 is 1.61 bits per heavy atom. The lowest BCUT2D eigenvalue weighted by molar-refractivity contribution is 0.477. The fourth-order valence-corrected chi connectivity index (χ4v) is 4.71. The Labute approximate surface area is 199 Å². The Bertz CT molecular complexity index is 1650. The first-order valence-electron chi connectivity index (χ1n) is 9.43. The molecule has 10 heteroatoms. The maximum Gasteiger partial charge on any atom is 0.295 e. The molecule has 168 valence electrons. The fourth-order valence-electron chi connectivity index (χ4n) is 3.81. The Kier molecular flexibility index (Phi) is 5.71. The molecule has 0 aliphatic rings. The van der Waals surface area contributed by atoms with Gasteiger partial charge in [-0.3, -0.25) is 4.55 Å². The third kappa shape index (κ3) is 3.98. The van der Waals surface area contributed by atoms with Crippen LogP contribution in [0.3, 0.4) is 0 Å². The lowest BCUT2D eigenvalue weighted by Crippen LogP contribution is -1.99. The van der Waals surface area contributed by atoms with Crippen molar-refractivity contribution in [2.24, 2.45) is 0 Å². The number of hydrogen-bond acceptors (Lipinski definition) is 5. The zero-order chi connectivity index (χ0) is 22.6. The van der Waals surface area contributed by atoms with Crippen LogP contribution in [-0.2, 0) is 10.1 Å². The minimum Gasteiger partial charge on any atom is -0.507 e. The van der Waals surface area contributed by atoms with Gasteiger partial charge in [-0.2, -0.15) is 8.42 Å². The molecule has 0 saturated carbocycles. The summed E-state index contributed by atoms with van der Waals surface area (Å²) in [5.74, 6) is 0.0359. The standard InChI is InChI=1S/C23H15ClN2O5S.ClH/c24-14-4-1-3-12(9-14)13-7-8-15(19(28)10-13)23-25-17-11-20(32(29,30)31)16-5-2-6-18(27)21(16)22(17)26-23;/h1-11,27-28H,(H,25,26)(H,29,30,31);1H. The van der Waals surface area contributed by atoms with Crippen LogP contribution in [0.4, 0.5) is 0 Å². The summed E-state index contributed by atoms with van der Waals surface area (Å²) < 4.78 is 33.5. The third-order valence-electron chi connectivity index (χ3n) is 5.24. The first-order valence-corrected chi connectivity index (χ1v) is 11.3. The highest BCUT2D eigenvalue weighted by Crippen LogP contribution is 2.38. The maximum atomic E-state index is 11.9. The molecule has 7 nitrogen and oxygen atoms in total. The topological polar surface area (TPSA) is 124 Å². The molecule has 0 radical (unpaired) electrons. The van der Waals surface area contributed by atoms with Gasteiger partial charge in [0.1, 0.15) is 27.7 Å². The second-order valence-electron chi connectivity index (χ2n) is 7.27. The van der Waals surface area contributed by atoms with Gasteiger partial charge in [0, 0.05) is 10.4 Å². The van der Waals surface area contributed by atoms with Crippen molar-refractivity contribution in [3.05, 3.63) is 71.8 Å². The number of aromatic nitrogens is 2. The number of fused-ring (bicyclic) bond motifs is 3. The van der Waals surface area contributed by atoms with Crippen molar-refractivity contribution in [2.45, 2.75) is 4.90 Å². The largest absolute Gasteiger partial charge is 0.507 e. The van der Waals surface area contributed by atoms with Crippen LogP contribution >= 0.6 is 24.0 Å². The summed E-state index contributed by atoms with van der Waals surface area (Å²) >= 11 is 6.05. The molecule has 0 aliphatic carbocycles. The molecule has 0 fully saturated rings. The van der Waals surface area contributed by atoms with E-state index >= 15 is 0 Å². The molecule has 0 atom stereocenters. The van der Waals surface area contributed by atoms with Crippen LogP contribution in [0, 0.1) is 0 Å². The SMILES string of the molecule is Cl.O=S(=O)(O)c1cc2[nH]c(-c3ccc(-c4cccc(Cl)c4)cc3O)nc2c2c(O)cccc12.